The number of carbonyl (C=O) groups excluding carboxylic acids is 1. The molecule has 0 radical (unpaired) electrons. The normalized spacial score (nSPS) is 39.4. The number of alkyl halides is 2. The van der Waals surface area contributed by atoms with Crippen LogP contribution in [0.4, 0.5) is 8.78 Å². The lowest BCUT2D eigenvalue weighted by atomic mass is 9.84. The lowest BCUT2D eigenvalue weighted by Gasteiger charge is -2.43. The Morgan fingerprint density at radius 3 is 2.84 bits per heavy atom. The fourth-order valence-corrected chi connectivity index (χ4v) is 3.20. The molecule has 1 N–H and O–H groups in total. The van der Waals surface area contributed by atoms with E-state index in [1.807, 2.05) is 13.8 Å². The standard InChI is InChI=1S/C14H22F2O3/c1-3-4-6-13(15,16)14(18)7-5-10-9(2)11(17)8-12(10)19-14/h9-10,12,18H,3-8H2,1-2H3/t9?,10?,12-,14-/m1/s1. The molecule has 2 rings (SSSR count). The maximum Gasteiger partial charge on any atom is 0.300 e. The molecule has 1 saturated carbocycles. The van der Waals surface area contributed by atoms with Crippen LogP contribution >= 0.6 is 0 Å². The number of carbonyl (C=O) groups is 1. The van der Waals surface area contributed by atoms with Crippen LogP contribution in [0.3, 0.4) is 0 Å². The predicted octanol–water partition coefficient (Wildman–Crippen LogP) is 2.90. The summed E-state index contributed by atoms with van der Waals surface area (Å²) in [6, 6.07) is 0. The Morgan fingerprint density at radius 1 is 1.53 bits per heavy atom. The van der Waals surface area contributed by atoms with E-state index in [-0.39, 0.29) is 36.9 Å². The van der Waals surface area contributed by atoms with Crippen LogP contribution < -0.4 is 0 Å². The third kappa shape index (κ3) is 2.55. The summed E-state index contributed by atoms with van der Waals surface area (Å²) in [7, 11) is 0. The van der Waals surface area contributed by atoms with Crippen LogP contribution in [0.2, 0.25) is 0 Å². The van der Waals surface area contributed by atoms with E-state index in [1.54, 1.807) is 0 Å². The van der Waals surface area contributed by atoms with E-state index in [4.69, 9.17) is 4.74 Å². The Kier molecular flexibility index (Phi) is 3.98. The van der Waals surface area contributed by atoms with Gasteiger partial charge in [-0.25, -0.2) is 8.78 Å². The Labute approximate surface area is 112 Å². The third-order valence-corrected chi connectivity index (χ3v) is 4.61. The molecule has 0 spiro atoms. The lowest BCUT2D eigenvalue weighted by molar-refractivity contribution is -0.356. The third-order valence-electron chi connectivity index (χ3n) is 4.61. The molecule has 110 valence electrons. The fourth-order valence-electron chi connectivity index (χ4n) is 3.20. The number of halogens is 2. The van der Waals surface area contributed by atoms with Gasteiger partial charge in [-0.3, -0.25) is 4.79 Å². The van der Waals surface area contributed by atoms with Gasteiger partial charge in [-0.1, -0.05) is 20.3 Å². The van der Waals surface area contributed by atoms with Crippen LogP contribution in [-0.4, -0.2) is 28.7 Å². The molecule has 2 aliphatic rings. The highest BCUT2D eigenvalue weighted by Gasteiger charge is 2.59. The SMILES string of the molecule is CCCCC(F)(F)[C@@]1(O)CCC2C(C)C(=O)C[C@H]2O1. The van der Waals surface area contributed by atoms with Crippen molar-refractivity contribution < 1.29 is 23.4 Å². The van der Waals surface area contributed by atoms with Crippen LogP contribution in [0.1, 0.15) is 52.4 Å². The Balaban J connectivity index is 2.09. The fraction of sp³-hybridized carbons (Fsp3) is 0.929. The van der Waals surface area contributed by atoms with Crippen LogP contribution in [0.5, 0.6) is 0 Å². The minimum atomic E-state index is -3.25. The summed E-state index contributed by atoms with van der Waals surface area (Å²) in [6.45, 7) is 3.64. The van der Waals surface area contributed by atoms with E-state index >= 15 is 0 Å². The number of ether oxygens (including phenoxy) is 1. The highest BCUT2D eigenvalue weighted by molar-refractivity contribution is 5.84. The number of hydrogen-bond donors (Lipinski definition) is 1. The highest BCUT2D eigenvalue weighted by Crippen LogP contribution is 2.48. The lowest BCUT2D eigenvalue weighted by Crippen LogP contribution is -2.55. The molecule has 0 aromatic heterocycles. The van der Waals surface area contributed by atoms with Crippen molar-refractivity contribution in [1.82, 2.24) is 0 Å². The first-order chi connectivity index (χ1) is 8.81. The summed E-state index contributed by atoms with van der Waals surface area (Å²) in [6.07, 6.45) is 0.556. The van der Waals surface area contributed by atoms with Gasteiger partial charge in [0.05, 0.1) is 6.10 Å². The van der Waals surface area contributed by atoms with E-state index in [2.05, 4.69) is 0 Å². The topological polar surface area (TPSA) is 46.5 Å². The summed E-state index contributed by atoms with van der Waals surface area (Å²) < 4.78 is 33.4. The smallest absolute Gasteiger partial charge is 0.300 e. The monoisotopic (exact) mass is 276 g/mol. The second kappa shape index (κ2) is 5.09. The first-order valence-electron chi connectivity index (χ1n) is 7.11. The predicted molar refractivity (Wildman–Crippen MR) is 65.8 cm³/mol. The largest absolute Gasteiger partial charge is 0.361 e. The summed E-state index contributed by atoms with van der Waals surface area (Å²) in [4.78, 5) is 11.6. The van der Waals surface area contributed by atoms with E-state index in [0.29, 0.717) is 19.3 Å². The van der Waals surface area contributed by atoms with E-state index in [1.165, 1.54) is 0 Å². The van der Waals surface area contributed by atoms with Gasteiger partial charge in [0.25, 0.3) is 0 Å². The molecule has 0 amide bonds. The van der Waals surface area contributed by atoms with Gasteiger partial charge in [0.1, 0.15) is 5.78 Å². The van der Waals surface area contributed by atoms with Gasteiger partial charge in [0.2, 0.25) is 5.79 Å². The zero-order valence-electron chi connectivity index (χ0n) is 11.5. The molecule has 0 aromatic carbocycles. The van der Waals surface area contributed by atoms with Crippen LogP contribution in [-0.2, 0) is 9.53 Å². The minimum Gasteiger partial charge on any atom is -0.361 e. The summed E-state index contributed by atoms with van der Waals surface area (Å²) in [5.74, 6) is -5.75. The van der Waals surface area contributed by atoms with Gasteiger partial charge in [-0.05, 0) is 18.8 Å². The summed E-state index contributed by atoms with van der Waals surface area (Å²) >= 11 is 0. The van der Waals surface area contributed by atoms with Gasteiger partial charge < -0.3 is 9.84 Å². The molecule has 19 heavy (non-hydrogen) atoms. The minimum absolute atomic E-state index is 0.0187. The second-order valence-electron chi connectivity index (χ2n) is 5.91. The van der Waals surface area contributed by atoms with Gasteiger partial charge in [0.15, 0.2) is 0 Å². The second-order valence-corrected chi connectivity index (χ2v) is 5.91. The molecule has 1 heterocycles. The van der Waals surface area contributed by atoms with Crippen LogP contribution in [0.25, 0.3) is 0 Å². The zero-order chi connectivity index (χ0) is 14.3. The molecule has 5 heteroatoms. The molecule has 0 aromatic rings. The van der Waals surface area contributed by atoms with Crippen molar-refractivity contribution in [1.29, 1.82) is 0 Å². The summed E-state index contributed by atoms with van der Waals surface area (Å²) in [5, 5.41) is 10.2. The maximum absolute atomic E-state index is 14.1. The quantitative estimate of drug-likeness (QED) is 0.858. The summed E-state index contributed by atoms with van der Waals surface area (Å²) in [5.41, 5.74) is 0. The van der Waals surface area contributed by atoms with Crippen molar-refractivity contribution >= 4 is 5.78 Å². The van der Waals surface area contributed by atoms with Crippen molar-refractivity contribution in [3.63, 3.8) is 0 Å². The van der Waals surface area contributed by atoms with Crippen molar-refractivity contribution in [3.05, 3.63) is 0 Å². The Morgan fingerprint density at radius 2 is 2.21 bits per heavy atom. The van der Waals surface area contributed by atoms with Gasteiger partial charge in [-0.2, -0.15) is 0 Å². The number of rotatable bonds is 4. The highest BCUT2D eigenvalue weighted by atomic mass is 19.3. The van der Waals surface area contributed by atoms with E-state index in [0.717, 1.165) is 0 Å². The number of ketones is 1. The number of aliphatic hydroxyl groups is 1. The molecule has 2 unspecified atom stereocenters. The number of fused-ring (bicyclic) bond motifs is 1. The Bertz CT molecular complexity index is 359. The first-order valence-corrected chi connectivity index (χ1v) is 7.11. The number of unbranched alkanes of at least 4 members (excludes halogenated alkanes) is 1. The molecule has 1 saturated heterocycles. The Hall–Kier alpha value is -0.550. The molecule has 1 aliphatic carbocycles. The van der Waals surface area contributed by atoms with Gasteiger partial charge in [0, 0.05) is 25.2 Å². The molecular weight excluding hydrogens is 254 g/mol. The molecular formula is C14H22F2O3. The van der Waals surface area contributed by atoms with Gasteiger partial charge in [-0.15, -0.1) is 0 Å². The van der Waals surface area contributed by atoms with Crippen LogP contribution in [0, 0.1) is 11.8 Å². The zero-order valence-corrected chi connectivity index (χ0v) is 11.5. The molecule has 2 fully saturated rings. The average molecular weight is 276 g/mol. The molecule has 4 atom stereocenters. The van der Waals surface area contributed by atoms with Crippen molar-refractivity contribution in [2.45, 2.75) is 70.2 Å². The molecule has 3 nitrogen and oxygen atoms in total. The van der Waals surface area contributed by atoms with Crippen molar-refractivity contribution in [2.24, 2.45) is 11.8 Å². The number of Topliss-reactive ketones (excluding diaryl/α,β-unsaturated/α-hetero) is 1. The van der Waals surface area contributed by atoms with E-state index in [9.17, 15) is 18.7 Å². The van der Waals surface area contributed by atoms with Crippen molar-refractivity contribution in [3.8, 4) is 0 Å². The first kappa shape index (κ1) is 14.9. The van der Waals surface area contributed by atoms with E-state index < -0.39 is 17.8 Å². The average Bonchev–Trinajstić information content (AvgIpc) is 2.62. The molecule has 1 aliphatic heterocycles. The van der Waals surface area contributed by atoms with Gasteiger partial charge >= 0.3 is 5.92 Å². The maximum atomic E-state index is 14.1. The number of hydrogen-bond acceptors (Lipinski definition) is 3. The van der Waals surface area contributed by atoms with Crippen LogP contribution in [0.15, 0.2) is 0 Å². The van der Waals surface area contributed by atoms with Crippen molar-refractivity contribution in [2.75, 3.05) is 0 Å². The molecule has 0 bridgehead atoms.